The summed E-state index contributed by atoms with van der Waals surface area (Å²) in [5, 5.41) is 3.00. The van der Waals surface area contributed by atoms with Gasteiger partial charge in [0.25, 0.3) is 10.0 Å². The zero-order valence-electron chi connectivity index (χ0n) is 24.6. The van der Waals surface area contributed by atoms with E-state index in [1.165, 1.54) is 21.3 Å². The van der Waals surface area contributed by atoms with E-state index in [1.54, 1.807) is 30.3 Å². The number of nitrogens with zero attached hydrogens (tertiary/aromatic N) is 2. The van der Waals surface area contributed by atoms with Gasteiger partial charge in [0.2, 0.25) is 11.8 Å². The van der Waals surface area contributed by atoms with Crippen molar-refractivity contribution in [2.45, 2.75) is 77.9 Å². The fourth-order valence-electron chi connectivity index (χ4n) is 4.58. The Morgan fingerprint density at radius 2 is 1.45 bits per heavy atom. The lowest BCUT2D eigenvalue weighted by atomic mass is 10.0. The van der Waals surface area contributed by atoms with Gasteiger partial charge in [-0.25, -0.2) is 8.42 Å². The minimum Gasteiger partial charge on any atom is -0.350 e. The van der Waals surface area contributed by atoms with Crippen molar-refractivity contribution in [3.8, 4) is 0 Å². The number of rotatable bonds is 10. The zero-order chi connectivity index (χ0) is 29.7. The fourth-order valence-corrected chi connectivity index (χ4v) is 6.07. The minimum absolute atomic E-state index is 0.0895. The van der Waals surface area contributed by atoms with Crippen LogP contribution in [0.3, 0.4) is 0 Å². The number of nitrogens with one attached hydrogen (secondary N) is 1. The van der Waals surface area contributed by atoms with Crippen molar-refractivity contribution >= 4 is 27.5 Å². The quantitative estimate of drug-likeness (QED) is 0.352. The Kier molecular flexibility index (Phi) is 9.79. The van der Waals surface area contributed by atoms with Crippen molar-refractivity contribution < 1.29 is 18.0 Å². The second-order valence-corrected chi connectivity index (χ2v) is 13.0. The van der Waals surface area contributed by atoms with Gasteiger partial charge in [-0.15, -0.1) is 0 Å². The topological polar surface area (TPSA) is 86.8 Å². The monoisotopic (exact) mass is 563 g/mol. The standard InChI is InChI=1S/C32H41N3O4S/c1-8-28(31(37)33-32(5,6)7)34(21-26-17-13-12-15-24(26)3)30(36)22-35(29-20-14-16-23(2)25(29)4)40(38,39)27-18-10-9-11-19-27/h9-20,28H,8,21-22H2,1-7H3,(H,33,37). The predicted molar refractivity (Wildman–Crippen MR) is 161 cm³/mol. The molecule has 0 aliphatic rings. The largest absolute Gasteiger partial charge is 0.350 e. The molecule has 8 heteroatoms. The predicted octanol–water partition coefficient (Wildman–Crippen LogP) is 5.53. The van der Waals surface area contributed by atoms with Crippen LogP contribution >= 0.6 is 0 Å². The van der Waals surface area contributed by atoms with Gasteiger partial charge in [0, 0.05) is 12.1 Å². The lowest BCUT2D eigenvalue weighted by molar-refractivity contribution is -0.141. The highest BCUT2D eigenvalue weighted by Gasteiger charge is 2.35. The molecular formula is C32H41N3O4S. The fraction of sp³-hybridized carbons (Fsp3) is 0.375. The third-order valence-corrected chi connectivity index (χ3v) is 8.71. The Labute approximate surface area is 239 Å². The van der Waals surface area contributed by atoms with E-state index in [1.807, 2.05) is 78.8 Å². The zero-order valence-corrected chi connectivity index (χ0v) is 25.4. The highest BCUT2D eigenvalue weighted by Crippen LogP contribution is 2.29. The van der Waals surface area contributed by atoms with Gasteiger partial charge in [0.05, 0.1) is 10.6 Å². The normalized spacial score (nSPS) is 12.5. The van der Waals surface area contributed by atoms with Crippen LogP contribution in [-0.4, -0.2) is 43.3 Å². The van der Waals surface area contributed by atoms with Crippen molar-refractivity contribution in [1.82, 2.24) is 10.2 Å². The number of amides is 2. The summed E-state index contributed by atoms with van der Waals surface area (Å²) < 4.78 is 29.2. The maximum Gasteiger partial charge on any atom is 0.264 e. The summed E-state index contributed by atoms with van der Waals surface area (Å²) >= 11 is 0. The number of sulfonamides is 1. The Morgan fingerprint density at radius 3 is 2.05 bits per heavy atom. The molecule has 1 unspecified atom stereocenters. The molecule has 0 bridgehead atoms. The maximum absolute atomic E-state index is 14.2. The molecule has 0 spiro atoms. The van der Waals surface area contributed by atoms with Crippen LogP contribution in [0.25, 0.3) is 0 Å². The SMILES string of the molecule is CCC(C(=O)NC(C)(C)C)N(Cc1ccccc1C)C(=O)CN(c1cccc(C)c1C)S(=O)(=O)c1ccccc1. The molecule has 3 aromatic rings. The average molecular weight is 564 g/mol. The van der Waals surface area contributed by atoms with Gasteiger partial charge in [-0.2, -0.15) is 0 Å². The highest BCUT2D eigenvalue weighted by molar-refractivity contribution is 7.92. The molecule has 0 saturated heterocycles. The summed E-state index contributed by atoms with van der Waals surface area (Å²) in [6.07, 6.45) is 0.369. The molecule has 0 aliphatic heterocycles. The highest BCUT2D eigenvalue weighted by atomic mass is 32.2. The van der Waals surface area contributed by atoms with Gasteiger partial charge in [-0.05, 0) is 88.4 Å². The molecule has 1 N–H and O–H groups in total. The van der Waals surface area contributed by atoms with E-state index in [-0.39, 0.29) is 17.3 Å². The second kappa shape index (κ2) is 12.7. The first-order valence-corrected chi connectivity index (χ1v) is 15.0. The Hall–Kier alpha value is -3.65. The first-order chi connectivity index (χ1) is 18.8. The number of benzene rings is 3. The van der Waals surface area contributed by atoms with Crippen molar-refractivity contribution in [3.63, 3.8) is 0 Å². The van der Waals surface area contributed by atoms with Crippen LogP contribution in [-0.2, 0) is 26.2 Å². The molecule has 3 rings (SSSR count). The molecule has 2 amide bonds. The van der Waals surface area contributed by atoms with E-state index in [9.17, 15) is 18.0 Å². The molecule has 7 nitrogen and oxygen atoms in total. The molecule has 0 heterocycles. The van der Waals surface area contributed by atoms with Crippen molar-refractivity contribution in [1.29, 1.82) is 0 Å². The summed E-state index contributed by atoms with van der Waals surface area (Å²) in [7, 11) is -4.10. The van der Waals surface area contributed by atoms with E-state index >= 15 is 0 Å². The first kappa shape index (κ1) is 30.9. The van der Waals surface area contributed by atoms with Gasteiger partial charge in [-0.1, -0.05) is 61.5 Å². The number of hydrogen-bond acceptors (Lipinski definition) is 4. The van der Waals surface area contributed by atoms with Gasteiger partial charge >= 0.3 is 0 Å². The molecule has 0 saturated carbocycles. The number of aryl methyl sites for hydroxylation is 2. The van der Waals surface area contributed by atoms with Crippen LogP contribution in [0.15, 0.2) is 77.7 Å². The van der Waals surface area contributed by atoms with E-state index in [0.717, 1.165) is 22.3 Å². The van der Waals surface area contributed by atoms with Crippen molar-refractivity contribution in [2.75, 3.05) is 10.8 Å². The molecule has 3 aromatic carbocycles. The molecule has 0 fully saturated rings. The maximum atomic E-state index is 14.2. The third-order valence-electron chi connectivity index (χ3n) is 6.94. The summed E-state index contributed by atoms with van der Waals surface area (Å²) in [6, 6.07) is 20.4. The Bertz CT molecular complexity index is 1450. The number of hydrogen-bond donors (Lipinski definition) is 1. The van der Waals surface area contributed by atoms with Gasteiger partial charge in [0.1, 0.15) is 12.6 Å². The Balaban J connectivity index is 2.12. The molecular weight excluding hydrogens is 522 g/mol. The van der Waals surface area contributed by atoms with Crippen LogP contribution in [0.5, 0.6) is 0 Å². The van der Waals surface area contributed by atoms with E-state index < -0.39 is 34.1 Å². The molecule has 40 heavy (non-hydrogen) atoms. The summed E-state index contributed by atoms with van der Waals surface area (Å²) in [5.41, 5.74) is 3.48. The van der Waals surface area contributed by atoms with Gasteiger partial charge in [-0.3, -0.25) is 13.9 Å². The van der Waals surface area contributed by atoms with E-state index in [0.29, 0.717) is 12.1 Å². The van der Waals surface area contributed by atoms with Crippen LogP contribution in [0, 0.1) is 20.8 Å². The van der Waals surface area contributed by atoms with Gasteiger partial charge < -0.3 is 10.2 Å². The number of carbonyl (C=O) groups excluding carboxylic acids is 2. The second-order valence-electron chi connectivity index (χ2n) is 11.2. The van der Waals surface area contributed by atoms with Crippen LogP contribution < -0.4 is 9.62 Å². The molecule has 0 aromatic heterocycles. The average Bonchev–Trinajstić information content (AvgIpc) is 2.89. The third kappa shape index (κ3) is 7.30. The minimum atomic E-state index is -4.10. The van der Waals surface area contributed by atoms with Gasteiger partial charge in [0.15, 0.2) is 0 Å². The van der Waals surface area contributed by atoms with E-state index in [2.05, 4.69) is 5.32 Å². The number of carbonyl (C=O) groups is 2. The number of anilines is 1. The van der Waals surface area contributed by atoms with Crippen LogP contribution in [0.4, 0.5) is 5.69 Å². The summed E-state index contributed by atoms with van der Waals surface area (Å²) in [4.78, 5) is 29.3. The lowest BCUT2D eigenvalue weighted by Crippen LogP contribution is -2.55. The molecule has 1 atom stereocenters. The lowest BCUT2D eigenvalue weighted by Gasteiger charge is -2.35. The van der Waals surface area contributed by atoms with Crippen LogP contribution in [0.2, 0.25) is 0 Å². The molecule has 0 radical (unpaired) electrons. The Morgan fingerprint density at radius 1 is 0.850 bits per heavy atom. The molecule has 214 valence electrons. The summed E-state index contributed by atoms with van der Waals surface area (Å²) in [6.45, 7) is 13.0. The molecule has 0 aliphatic carbocycles. The van der Waals surface area contributed by atoms with Crippen molar-refractivity contribution in [2.24, 2.45) is 0 Å². The van der Waals surface area contributed by atoms with Crippen LogP contribution in [0.1, 0.15) is 56.4 Å². The van der Waals surface area contributed by atoms with Crippen molar-refractivity contribution in [3.05, 3.63) is 95.1 Å². The van der Waals surface area contributed by atoms with E-state index in [4.69, 9.17) is 0 Å². The first-order valence-electron chi connectivity index (χ1n) is 13.6. The smallest absolute Gasteiger partial charge is 0.264 e. The summed E-state index contributed by atoms with van der Waals surface area (Å²) in [5.74, 6) is -0.735.